The van der Waals surface area contributed by atoms with Crippen molar-refractivity contribution in [2.75, 3.05) is 41.5 Å². The van der Waals surface area contributed by atoms with Crippen LogP contribution in [0.15, 0.2) is 59.8 Å². The number of aromatic nitrogens is 1. The summed E-state index contributed by atoms with van der Waals surface area (Å²) in [4.78, 5) is 91.5. The molecular formula is C50H78N6O10S2. The SMILES string of the molecule is CCC(C)C(C(CC(=O)N1CCC[C@@H]1C(OC)C(C)C(=O)NC(Cc1ccccc1)C(=O)O)OC)N(C)C(=O)C(NC(=O)C(C(C)C)N(C)C(=O)OCC(SSc1ccccn1)C(C)C)C(C)C. The van der Waals surface area contributed by atoms with Gasteiger partial charge in [0.2, 0.25) is 23.6 Å². The zero-order valence-corrected chi connectivity index (χ0v) is 44.0. The highest BCUT2D eigenvalue weighted by Gasteiger charge is 2.44. The summed E-state index contributed by atoms with van der Waals surface area (Å²) in [7, 11) is 9.27. The van der Waals surface area contributed by atoms with Crippen molar-refractivity contribution in [3.8, 4) is 0 Å². The minimum atomic E-state index is -1.16. The highest BCUT2D eigenvalue weighted by molar-refractivity contribution is 8.76. The van der Waals surface area contributed by atoms with Crippen molar-refractivity contribution in [2.45, 2.75) is 147 Å². The number of rotatable bonds is 27. The van der Waals surface area contributed by atoms with Gasteiger partial charge >= 0.3 is 12.1 Å². The zero-order valence-electron chi connectivity index (χ0n) is 42.4. The van der Waals surface area contributed by atoms with Crippen LogP contribution in [0.25, 0.3) is 0 Å². The number of hydrogen-bond donors (Lipinski definition) is 3. The first-order valence-corrected chi connectivity index (χ1v) is 26.0. The van der Waals surface area contributed by atoms with Crippen molar-refractivity contribution in [3.63, 3.8) is 0 Å². The van der Waals surface area contributed by atoms with Crippen LogP contribution < -0.4 is 10.6 Å². The van der Waals surface area contributed by atoms with Crippen molar-refractivity contribution in [1.82, 2.24) is 30.3 Å². The molecule has 18 heteroatoms. The van der Waals surface area contributed by atoms with Gasteiger partial charge in [0.15, 0.2) is 0 Å². The molecule has 0 spiro atoms. The summed E-state index contributed by atoms with van der Waals surface area (Å²) in [6, 6.07) is 10.6. The largest absolute Gasteiger partial charge is 0.480 e. The number of benzene rings is 1. The maximum atomic E-state index is 14.6. The number of carbonyl (C=O) groups excluding carboxylic acids is 5. The Hall–Kier alpha value is -4.39. The molecule has 1 aromatic heterocycles. The van der Waals surface area contributed by atoms with Crippen LogP contribution >= 0.6 is 21.6 Å². The van der Waals surface area contributed by atoms with Gasteiger partial charge in [-0.15, -0.1) is 0 Å². The second-order valence-electron chi connectivity index (χ2n) is 18.9. The molecule has 1 fully saturated rings. The Morgan fingerprint density at radius 2 is 1.51 bits per heavy atom. The number of likely N-dealkylation sites (N-methyl/N-ethyl adjacent to an activating group) is 2. The molecule has 380 valence electrons. The van der Waals surface area contributed by atoms with E-state index in [9.17, 15) is 33.9 Å². The third-order valence-electron chi connectivity index (χ3n) is 13.0. The summed E-state index contributed by atoms with van der Waals surface area (Å²) in [5, 5.41) is 16.4. The fourth-order valence-electron chi connectivity index (χ4n) is 8.76. The van der Waals surface area contributed by atoms with E-state index in [4.69, 9.17) is 14.2 Å². The van der Waals surface area contributed by atoms with Gasteiger partial charge in [-0.3, -0.25) is 24.1 Å². The Morgan fingerprint density at radius 1 is 0.853 bits per heavy atom. The third-order valence-corrected chi connectivity index (χ3v) is 16.0. The van der Waals surface area contributed by atoms with E-state index in [-0.39, 0.29) is 60.2 Å². The number of aliphatic carboxylic acids is 1. The van der Waals surface area contributed by atoms with E-state index in [2.05, 4.69) is 29.5 Å². The minimum Gasteiger partial charge on any atom is -0.480 e. The molecule has 0 saturated carbocycles. The Labute approximate surface area is 412 Å². The number of amides is 5. The molecule has 2 heterocycles. The Kier molecular flexibility index (Phi) is 24.1. The lowest BCUT2D eigenvalue weighted by atomic mass is 9.89. The normalized spacial score (nSPS) is 17.9. The number of pyridine rings is 1. The summed E-state index contributed by atoms with van der Waals surface area (Å²) >= 11 is 0. The third kappa shape index (κ3) is 16.4. The number of carbonyl (C=O) groups is 6. The second-order valence-corrected chi connectivity index (χ2v) is 21.4. The smallest absolute Gasteiger partial charge is 0.410 e. The number of nitrogens with one attached hydrogen (secondary N) is 2. The predicted molar refractivity (Wildman–Crippen MR) is 267 cm³/mol. The maximum Gasteiger partial charge on any atom is 0.410 e. The fraction of sp³-hybridized carbons (Fsp3) is 0.660. The van der Waals surface area contributed by atoms with Crippen molar-refractivity contribution in [3.05, 3.63) is 60.3 Å². The van der Waals surface area contributed by atoms with Gasteiger partial charge in [0.25, 0.3) is 0 Å². The molecule has 1 aliphatic rings. The van der Waals surface area contributed by atoms with Crippen LogP contribution in [0.2, 0.25) is 0 Å². The molecule has 1 aliphatic heterocycles. The van der Waals surface area contributed by atoms with Crippen molar-refractivity contribution in [2.24, 2.45) is 29.6 Å². The molecule has 9 unspecified atom stereocenters. The summed E-state index contributed by atoms with van der Waals surface area (Å²) in [5.74, 6) is -4.16. The molecule has 0 aliphatic carbocycles. The zero-order chi connectivity index (χ0) is 50.8. The second kappa shape index (κ2) is 28.3. The molecule has 68 heavy (non-hydrogen) atoms. The molecular weight excluding hydrogens is 909 g/mol. The van der Waals surface area contributed by atoms with Gasteiger partial charge in [0.1, 0.15) is 29.8 Å². The Bertz CT molecular complexity index is 1910. The van der Waals surface area contributed by atoms with Gasteiger partial charge in [0.05, 0.1) is 41.9 Å². The van der Waals surface area contributed by atoms with Crippen molar-refractivity contribution < 1.29 is 48.1 Å². The van der Waals surface area contributed by atoms with E-state index in [1.165, 1.54) is 37.0 Å². The molecule has 1 saturated heterocycles. The lowest BCUT2D eigenvalue weighted by Gasteiger charge is -2.41. The van der Waals surface area contributed by atoms with Crippen molar-refractivity contribution >= 4 is 57.3 Å². The average Bonchev–Trinajstić information content (AvgIpc) is 3.80. The first-order valence-electron chi connectivity index (χ1n) is 23.8. The van der Waals surface area contributed by atoms with Gasteiger partial charge in [-0.25, -0.2) is 14.6 Å². The maximum absolute atomic E-state index is 14.6. The van der Waals surface area contributed by atoms with Crippen LogP contribution in [0.3, 0.4) is 0 Å². The lowest BCUT2D eigenvalue weighted by Crippen LogP contribution is -2.60. The molecule has 0 bridgehead atoms. The number of hydrogen-bond acceptors (Lipinski definition) is 12. The lowest BCUT2D eigenvalue weighted by molar-refractivity contribution is -0.148. The molecule has 3 rings (SSSR count). The van der Waals surface area contributed by atoms with Crippen LogP contribution in [0.4, 0.5) is 4.79 Å². The van der Waals surface area contributed by atoms with E-state index < -0.39 is 72.2 Å². The average molecular weight is 987 g/mol. The summed E-state index contributed by atoms with van der Waals surface area (Å²) in [6.07, 6.45) is 1.53. The van der Waals surface area contributed by atoms with E-state index in [0.29, 0.717) is 25.8 Å². The van der Waals surface area contributed by atoms with Gasteiger partial charge in [-0.05, 0) is 65.0 Å². The molecule has 3 N–H and O–H groups in total. The molecule has 10 atom stereocenters. The number of carboxylic acid groups (broad SMARTS) is 1. The number of likely N-dealkylation sites (tertiary alicyclic amines) is 1. The van der Waals surface area contributed by atoms with Crippen molar-refractivity contribution in [1.29, 1.82) is 0 Å². The number of nitrogens with zero attached hydrogens (tertiary/aromatic N) is 4. The summed E-state index contributed by atoms with van der Waals surface area (Å²) in [6.45, 7) is 17.7. The van der Waals surface area contributed by atoms with Gasteiger partial charge in [-0.2, -0.15) is 0 Å². The molecule has 2 aromatic rings. The highest BCUT2D eigenvalue weighted by atomic mass is 33.1. The quantitative estimate of drug-likeness (QED) is 0.0791. The number of methoxy groups -OCH3 is 2. The molecule has 5 amide bonds. The monoisotopic (exact) mass is 987 g/mol. The van der Waals surface area contributed by atoms with E-state index in [1.807, 2.05) is 77.9 Å². The molecule has 1 aromatic carbocycles. The van der Waals surface area contributed by atoms with Crippen LogP contribution in [0, 0.1) is 29.6 Å². The van der Waals surface area contributed by atoms with Gasteiger partial charge in [0, 0.05) is 47.5 Å². The highest BCUT2D eigenvalue weighted by Crippen LogP contribution is 2.36. The topological polar surface area (TPSA) is 197 Å². The van der Waals surface area contributed by atoms with Crippen LogP contribution in [-0.2, 0) is 44.6 Å². The number of carboxylic acids is 1. The minimum absolute atomic E-state index is 0.0411. The molecule has 16 nitrogen and oxygen atoms in total. The summed E-state index contributed by atoms with van der Waals surface area (Å²) in [5.41, 5.74) is 0.768. The summed E-state index contributed by atoms with van der Waals surface area (Å²) < 4.78 is 17.7. The van der Waals surface area contributed by atoms with E-state index in [1.54, 1.807) is 52.9 Å². The van der Waals surface area contributed by atoms with Crippen LogP contribution in [0.5, 0.6) is 0 Å². The van der Waals surface area contributed by atoms with Gasteiger partial charge < -0.3 is 39.8 Å². The fourth-order valence-corrected chi connectivity index (χ4v) is 11.4. The standard InChI is InChI=1S/C50H78N6O10S2/c1-14-33(8)44(38(64-12)28-41(57)56-26-20-23-37(56)45(65-13)34(9)46(58)52-36(49(61)62)27-35-21-16-15-17-22-35)54(10)48(60)42(31(4)5)53-47(59)43(32(6)7)55(11)50(63)66-29-39(30(2)3)67-68-40-24-18-19-25-51-40/h15-19,21-22,24-25,30-34,36-39,42-45H,14,20,23,26-29H2,1-13H3,(H,52,58)(H,53,59)(H,61,62)/t33?,34?,36?,37-,38?,39?,42?,43?,44?,45?/m1/s1. The Balaban J connectivity index is 1.75. The molecule has 0 radical (unpaired) electrons. The first-order chi connectivity index (χ1) is 32.2. The predicted octanol–water partition coefficient (Wildman–Crippen LogP) is 6.81. The van der Waals surface area contributed by atoms with Crippen LogP contribution in [-0.4, -0.2) is 150 Å². The van der Waals surface area contributed by atoms with E-state index >= 15 is 0 Å². The Morgan fingerprint density at radius 3 is 2.06 bits per heavy atom. The van der Waals surface area contributed by atoms with Gasteiger partial charge in [-0.1, -0.05) is 116 Å². The van der Waals surface area contributed by atoms with E-state index in [0.717, 1.165) is 10.6 Å². The van der Waals surface area contributed by atoms with Crippen LogP contribution in [0.1, 0.15) is 93.6 Å². The number of ether oxygens (including phenoxy) is 3. The first kappa shape index (κ1) is 57.9.